The third-order valence-corrected chi connectivity index (χ3v) is 4.75. The van der Waals surface area contributed by atoms with Crippen LogP contribution in [0, 0.1) is 0 Å². The summed E-state index contributed by atoms with van der Waals surface area (Å²) in [7, 11) is 1.53. The molecule has 4 rings (SSSR count). The molecule has 0 bridgehead atoms. The second kappa shape index (κ2) is 6.71. The summed E-state index contributed by atoms with van der Waals surface area (Å²) >= 11 is 0. The SMILES string of the molecule is Cn1nc(C(=O)N2CCN(C(=O)c3ccco3)CC2)c2ccccc2c1=O. The Labute approximate surface area is 154 Å². The number of piperazine rings is 1. The van der Waals surface area contributed by atoms with E-state index in [1.54, 1.807) is 46.2 Å². The van der Waals surface area contributed by atoms with Gasteiger partial charge in [-0.15, -0.1) is 0 Å². The number of nitrogens with zero attached hydrogens (tertiary/aromatic N) is 4. The Hall–Kier alpha value is -3.42. The van der Waals surface area contributed by atoms with Gasteiger partial charge in [-0.05, 0) is 18.2 Å². The predicted molar refractivity (Wildman–Crippen MR) is 97.5 cm³/mol. The number of carbonyl (C=O) groups excluding carboxylic acids is 2. The number of benzene rings is 1. The molecule has 2 aromatic heterocycles. The van der Waals surface area contributed by atoms with Crippen LogP contribution in [0.4, 0.5) is 0 Å². The van der Waals surface area contributed by atoms with E-state index in [-0.39, 0.29) is 23.1 Å². The average molecular weight is 366 g/mol. The Morgan fingerprint density at radius 1 is 0.926 bits per heavy atom. The molecule has 0 unspecified atom stereocenters. The molecule has 1 saturated heterocycles. The quantitative estimate of drug-likeness (QED) is 0.678. The summed E-state index contributed by atoms with van der Waals surface area (Å²) in [6, 6.07) is 10.3. The molecule has 3 heterocycles. The first-order valence-electron chi connectivity index (χ1n) is 8.64. The fourth-order valence-corrected chi connectivity index (χ4v) is 3.28. The molecule has 0 spiro atoms. The number of hydrogen-bond donors (Lipinski definition) is 0. The van der Waals surface area contributed by atoms with Gasteiger partial charge in [0.1, 0.15) is 0 Å². The smallest absolute Gasteiger partial charge is 0.289 e. The molecule has 0 radical (unpaired) electrons. The molecule has 1 aromatic carbocycles. The maximum Gasteiger partial charge on any atom is 0.289 e. The van der Waals surface area contributed by atoms with Gasteiger partial charge in [-0.3, -0.25) is 14.4 Å². The summed E-state index contributed by atoms with van der Waals surface area (Å²) in [5.41, 5.74) is 0.00882. The van der Waals surface area contributed by atoms with Gasteiger partial charge in [-0.25, -0.2) is 4.68 Å². The van der Waals surface area contributed by atoms with Crippen molar-refractivity contribution in [2.75, 3.05) is 26.2 Å². The number of aryl methyl sites for hydroxylation is 1. The van der Waals surface area contributed by atoms with Crippen molar-refractivity contribution in [3.63, 3.8) is 0 Å². The fraction of sp³-hybridized carbons (Fsp3) is 0.263. The first-order chi connectivity index (χ1) is 13.1. The minimum Gasteiger partial charge on any atom is -0.459 e. The number of hydrogen-bond acceptors (Lipinski definition) is 5. The Morgan fingerprint density at radius 2 is 1.56 bits per heavy atom. The van der Waals surface area contributed by atoms with E-state index < -0.39 is 0 Å². The number of rotatable bonds is 2. The zero-order valence-electron chi connectivity index (χ0n) is 14.8. The van der Waals surface area contributed by atoms with Gasteiger partial charge >= 0.3 is 0 Å². The zero-order chi connectivity index (χ0) is 19.0. The lowest BCUT2D eigenvalue weighted by atomic mass is 10.1. The number of aromatic nitrogens is 2. The summed E-state index contributed by atoms with van der Waals surface area (Å²) in [5, 5.41) is 5.19. The Bertz CT molecular complexity index is 1060. The average Bonchev–Trinajstić information content (AvgIpc) is 3.25. The summed E-state index contributed by atoms with van der Waals surface area (Å²) in [5.74, 6) is -0.134. The molecule has 0 N–H and O–H groups in total. The molecule has 1 aliphatic heterocycles. The van der Waals surface area contributed by atoms with E-state index in [1.165, 1.54) is 18.0 Å². The highest BCUT2D eigenvalue weighted by Crippen LogP contribution is 2.17. The van der Waals surface area contributed by atoms with Crippen molar-refractivity contribution in [1.82, 2.24) is 19.6 Å². The van der Waals surface area contributed by atoms with Crippen molar-refractivity contribution >= 4 is 22.6 Å². The van der Waals surface area contributed by atoms with Gasteiger partial charge in [0.25, 0.3) is 17.4 Å². The lowest BCUT2D eigenvalue weighted by molar-refractivity contribution is 0.0515. The van der Waals surface area contributed by atoms with Crippen LogP contribution >= 0.6 is 0 Å². The van der Waals surface area contributed by atoms with Crippen molar-refractivity contribution in [3.8, 4) is 0 Å². The number of furan rings is 1. The predicted octanol–water partition coefficient (Wildman–Crippen LogP) is 1.12. The standard InChI is InChI=1S/C19H18N4O4/c1-21-17(24)14-6-3-2-5-13(14)16(20-21)19(26)23-10-8-22(9-11-23)18(25)15-7-4-12-27-15/h2-7,12H,8-11H2,1H3. The van der Waals surface area contributed by atoms with Crippen molar-refractivity contribution in [2.24, 2.45) is 7.05 Å². The normalized spacial score (nSPS) is 14.6. The molecule has 1 aliphatic rings. The van der Waals surface area contributed by atoms with Gasteiger partial charge in [0.15, 0.2) is 11.5 Å². The van der Waals surface area contributed by atoms with E-state index in [0.29, 0.717) is 42.7 Å². The van der Waals surface area contributed by atoms with E-state index in [0.717, 1.165) is 0 Å². The Morgan fingerprint density at radius 3 is 2.19 bits per heavy atom. The van der Waals surface area contributed by atoms with Crippen molar-refractivity contribution in [1.29, 1.82) is 0 Å². The minimum atomic E-state index is -0.244. The summed E-state index contributed by atoms with van der Waals surface area (Å²) in [6.45, 7) is 1.61. The van der Waals surface area contributed by atoms with E-state index in [9.17, 15) is 14.4 Å². The molecule has 138 valence electrons. The van der Waals surface area contributed by atoms with Crippen LogP contribution in [-0.4, -0.2) is 57.6 Å². The number of fused-ring (bicyclic) bond motifs is 1. The number of amides is 2. The van der Waals surface area contributed by atoms with Gasteiger partial charge in [0, 0.05) is 38.6 Å². The third kappa shape index (κ3) is 2.99. The van der Waals surface area contributed by atoms with E-state index >= 15 is 0 Å². The van der Waals surface area contributed by atoms with Crippen molar-refractivity contribution < 1.29 is 14.0 Å². The van der Waals surface area contributed by atoms with Crippen molar-refractivity contribution in [2.45, 2.75) is 0 Å². The molecular weight excluding hydrogens is 348 g/mol. The number of carbonyl (C=O) groups is 2. The van der Waals surface area contributed by atoms with Crippen LogP contribution < -0.4 is 5.56 Å². The second-order valence-electron chi connectivity index (χ2n) is 6.38. The maximum atomic E-state index is 13.0. The van der Waals surface area contributed by atoms with Crippen LogP contribution in [-0.2, 0) is 7.05 Å². The van der Waals surface area contributed by atoms with Gasteiger partial charge in [-0.2, -0.15) is 5.10 Å². The van der Waals surface area contributed by atoms with Crippen LogP contribution in [0.1, 0.15) is 21.0 Å². The highest BCUT2D eigenvalue weighted by Gasteiger charge is 2.28. The maximum absolute atomic E-state index is 13.0. The molecule has 2 amide bonds. The Balaban J connectivity index is 1.55. The van der Waals surface area contributed by atoms with E-state index in [1.807, 2.05) is 0 Å². The van der Waals surface area contributed by atoms with Crippen molar-refractivity contribution in [3.05, 3.63) is 64.5 Å². The molecule has 3 aromatic rings. The van der Waals surface area contributed by atoms with E-state index in [4.69, 9.17) is 4.42 Å². The molecule has 1 fully saturated rings. The first kappa shape index (κ1) is 17.0. The van der Waals surface area contributed by atoms with Crippen LogP contribution in [0.3, 0.4) is 0 Å². The second-order valence-corrected chi connectivity index (χ2v) is 6.38. The fourth-order valence-electron chi connectivity index (χ4n) is 3.28. The van der Waals surface area contributed by atoms with Gasteiger partial charge in [0.2, 0.25) is 0 Å². The van der Waals surface area contributed by atoms with Crippen LogP contribution in [0.15, 0.2) is 51.9 Å². The zero-order valence-corrected chi connectivity index (χ0v) is 14.8. The molecule has 0 atom stereocenters. The van der Waals surface area contributed by atoms with Crippen LogP contribution in [0.5, 0.6) is 0 Å². The van der Waals surface area contributed by atoms with Crippen LogP contribution in [0.2, 0.25) is 0 Å². The van der Waals surface area contributed by atoms with E-state index in [2.05, 4.69) is 5.10 Å². The molecule has 0 saturated carbocycles. The summed E-state index contributed by atoms with van der Waals surface area (Å²) < 4.78 is 6.34. The lowest BCUT2D eigenvalue weighted by Crippen LogP contribution is -2.51. The molecular formula is C19H18N4O4. The molecule has 0 aliphatic carbocycles. The van der Waals surface area contributed by atoms with Gasteiger partial charge < -0.3 is 14.2 Å². The Kier molecular flexibility index (Phi) is 4.23. The molecule has 8 nitrogen and oxygen atoms in total. The van der Waals surface area contributed by atoms with Gasteiger partial charge in [-0.1, -0.05) is 18.2 Å². The highest BCUT2D eigenvalue weighted by molar-refractivity contribution is 6.04. The highest BCUT2D eigenvalue weighted by atomic mass is 16.3. The first-order valence-corrected chi connectivity index (χ1v) is 8.64. The lowest BCUT2D eigenvalue weighted by Gasteiger charge is -2.34. The molecule has 27 heavy (non-hydrogen) atoms. The molecule has 8 heteroatoms. The monoisotopic (exact) mass is 366 g/mol. The largest absolute Gasteiger partial charge is 0.459 e. The topological polar surface area (TPSA) is 88.7 Å². The third-order valence-electron chi connectivity index (χ3n) is 4.75. The summed E-state index contributed by atoms with van der Waals surface area (Å²) in [6.07, 6.45) is 1.46. The summed E-state index contributed by atoms with van der Waals surface area (Å²) in [4.78, 5) is 40.9. The minimum absolute atomic E-state index is 0.183. The van der Waals surface area contributed by atoms with Crippen LogP contribution in [0.25, 0.3) is 10.8 Å². The van der Waals surface area contributed by atoms with Gasteiger partial charge in [0.05, 0.1) is 11.6 Å².